The van der Waals surface area contributed by atoms with E-state index in [0.29, 0.717) is 27.7 Å². The van der Waals surface area contributed by atoms with Crippen molar-refractivity contribution >= 4 is 38.9 Å². The highest BCUT2D eigenvalue weighted by Crippen LogP contribution is 2.55. The van der Waals surface area contributed by atoms with Gasteiger partial charge in [-0.05, 0) is 43.8 Å². The number of nitrogens with zero attached hydrogens (tertiary/aromatic N) is 3. The summed E-state index contributed by atoms with van der Waals surface area (Å²) in [5.74, 6) is -1.72. The predicted octanol–water partition coefficient (Wildman–Crippen LogP) is 6.89. The van der Waals surface area contributed by atoms with Gasteiger partial charge in [-0.2, -0.15) is 0 Å². The van der Waals surface area contributed by atoms with E-state index in [1.54, 1.807) is 7.05 Å². The van der Waals surface area contributed by atoms with Crippen LogP contribution in [0.1, 0.15) is 31.7 Å². The maximum atomic E-state index is 15.4. The van der Waals surface area contributed by atoms with Crippen LogP contribution in [0.3, 0.4) is 0 Å². The van der Waals surface area contributed by atoms with Crippen LogP contribution in [0, 0.1) is 17.0 Å². The number of likely N-dealkylation sites (N-methyl/N-ethyl adjacent to an activating group) is 1. The molecule has 1 aliphatic carbocycles. The smallest absolute Gasteiger partial charge is 0.169 e. The van der Waals surface area contributed by atoms with Crippen molar-refractivity contribution in [3.63, 3.8) is 0 Å². The molecule has 3 aliphatic rings. The van der Waals surface area contributed by atoms with Crippen molar-refractivity contribution in [1.29, 1.82) is 0 Å². The lowest BCUT2D eigenvalue weighted by Crippen LogP contribution is -2.22. The standard InChI is InChI=1S/C30H31F2N5/c1-5-18(2)6-8-20-9-7-19(16-36(20)4)21-15-34-29-25(28(21)37-13-12-30(17-37)10-11-30)24-26(32)22(31)14-23(33-3)27(24)35-29/h5-9,14-16,33H,1,10-13,17H2,2-4H3,(H,34,35)/b18-6-,20-8-. The number of aromatic amines is 1. The Labute approximate surface area is 215 Å². The molecule has 3 aromatic rings. The van der Waals surface area contributed by atoms with E-state index in [2.05, 4.69) is 51.1 Å². The molecule has 0 amide bonds. The van der Waals surface area contributed by atoms with Crippen LogP contribution in [0.25, 0.3) is 27.5 Å². The number of halogens is 2. The highest BCUT2D eigenvalue weighted by Gasteiger charge is 2.48. The zero-order valence-electron chi connectivity index (χ0n) is 21.5. The van der Waals surface area contributed by atoms with E-state index in [9.17, 15) is 4.39 Å². The SMILES string of the molecule is C=C/C(C)=C\C=C1\C=CC(c2cnc3[nH]c4c(NC)cc(F)c(F)c4c3c2N2CCC3(CC3)C2)=CN1C. The Bertz CT molecular complexity index is 1570. The minimum atomic E-state index is -0.872. The second-order valence-corrected chi connectivity index (χ2v) is 10.5. The summed E-state index contributed by atoms with van der Waals surface area (Å²) in [6, 6.07) is 1.19. The molecule has 190 valence electrons. The number of allylic oxidation sites excluding steroid dienone is 7. The Kier molecular flexibility index (Phi) is 5.48. The minimum absolute atomic E-state index is 0.250. The van der Waals surface area contributed by atoms with Gasteiger partial charge in [0.1, 0.15) is 5.65 Å². The molecule has 0 bridgehead atoms. The number of benzene rings is 1. The summed E-state index contributed by atoms with van der Waals surface area (Å²) in [6.45, 7) is 7.63. The quantitative estimate of drug-likeness (QED) is 0.376. The maximum Gasteiger partial charge on any atom is 0.169 e. The highest BCUT2D eigenvalue weighted by atomic mass is 19.2. The van der Waals surface area contributed by atoms with Crippen molar-refractivity contribution in [2.24, 2.45) is 5.41 Å². The summed E-state index contributed by atoms with van der Waals surface area (Å²) in [4.78, 5) is 12.4. The van der Waals surface area contributed by atoms with Crippen LogP contribution in [-0.2, 0) is 0 Å². The molecule has 5 nitrogen and oxygen atoms in total. The van der Waals surface area contributed by atoms with Crippen LogP contribution in [0.2, 0.25) is 0 Å². The second kappa shape index (κ2) is 8.61. The van der Waals surface area contributed by atoms with Crippen LogP contribution in [0.15, 0.2) is 66.7 Å². The van der Waals surface area contributed by atoms with Crippen molar-refractivity contribution in [1.82, 2.24) is 14.9 Å². The number of H-pyrrole nitrogens is 1. The number of anilines is 2. The second-order valence-electron chi connectivity index (χ2n) is 10.5. The Morgan fingerprint density at radius 3 is 2.70 bits per heavy atom. The van der Waals surface area contributed by atoms with Crippen molar-refractivity contribution < 1.29 is 8.78 Å². The minimum Gasteiger partial charge on any atom is -0.386 e. The average molecular weight is 500 g/mol. The van der Waals surface area contributed by atoms with Crippen LogP contribution in [-0.4, -0.2) is 42.1 Å². The van der Waals surface area contributed by atoms with E-state index in [1.165, 1.54) is 18.9 Å². The first-order chi connectivity index (χ1) is 17.8. The summed E-state index contributed by atoms with van der Waals surface area (Å²) in [7, 11) is 3.71. The summed E-state index contributed by atoms with van der Waals surface area (Å²) in [6.07, 6.45) is 17.6. The van der Waals surface area contributed by atoms with E-state index in [0.717, 1.165) is 47.6 Å². The van der Waals surface area contributed by atoms with Crippen LogP contribution < -0.4 is 10.2 Å². The number of hydrogen-bond acceptors (Lipinski definition) is 4. The Morgan fingerprint density at radius 2 is 2.03 bits per heavy atom. The number of hydrogen-bond donors (Lipinski definition) is 2. The molecular formula is C30H31F2N5. The molecule has 2 N–H and O–H groups in total. The molecule has 2 aliphatic heterocycles. The van der Waals surface area contributed by atoms with E-state index in [4.69, 9.17) is 4.98 Å². The number of rotatable bonds is 5. The first kappa shape index (κ1) is 23.5. The van der Waals surface area contributed by atoms with Gasteiger partial charge >= 0.3 is 0 Å². The van der Waals surface area contributed by atoms with Crippen LogP contribution in [0.5, 0.6) is 0 Å². The average Bonchev–Trinajstić information content (AvgIpc) is 3.35. The summed E-state index contributed by atoms with van der Waals surface area (Å²) in [5.41, 5.74) is 6.90. The van der Waals surface area contributed by atoms with E-state index >= 15 is 4.39 Å². The molecular weight excluding hydrogens is 468 g/mol. The number of pyridine rings is 1. The van der Waals surface area contributed by atoms with Gasteiger partial charge in [-0.25, -0.2) is 13.8 Å². The van der Waals surface area contributed by atoms with Crippen molar-refractivity contribution in [2.45, 2.75) is 26.2 Å². The van der Waals surface area contributed by atoms with Crippen LogP contribution in [0.4, 0.5) is 20.2 Å². The molecule has 7 heteroatoms. The molecule has 1 saturated heterocycles. The fourth-order valence-corrected chi connectivity index (χ4v) is 5.63. The van der Waals surface area contributed by atoms with Crippen LogP contribution >= 0.6 is 0 Å². The van der Waals surface area contributed by atoms with Gasteiger partial charge in [0.25, 0.3) is 0 Å². The number of fused-ring (bicyclic) bond motifs is 3. The van der Waals surface area contributed by atoms with Gasteiger partial charge in [-0.1, -0.05) is 30.4 Å². The molecule has 1 spiro atoms. The van der Waals surface area contributed by atoms with Gasteiger partial charge in [-0.3, -0.25) is 0 Å². The Hall–Kier alpha value is -3.87. The zero-order valence-corrected chi connectivity index (χ0v) is 21.5. The molecule has 6 rings (SSSR count). The lowest BCUT2D eigenvalue weighted by Gasteiger charge is -2.26. The summed E-state index contributed by atoms with van der Waals surface area (Å²) >= 11 is 0. The van der Waals surface area contributed by atoms with E-state index in [1.807, 2.05) is 32.3 Å². The molecule has 37 heavy (non-hydrogen) atoms. The van der Waals surface area contributed by atoms with Gasteiger partial charge in [-0.15, -0.1) is 0 Å². The summed E-state index contributed by atoms with van der Waals surface area (Å²) in [5, 5.41) is 3.89. The van der Waals surface area contributed by atoms with Crippen molar-refractivity contribution in [2.75, 3.05) is 37.4 Å². The third-order valence-corrected chi connectivity index (χ3v) is 8.07. The van der Waals surface area contributed by atoms with Gasteiger partial charge in [0.05, 0.1) is 27.7 Å². The van der Waals surface area contributed by atoms with Gasteiger partial charge in [0, 0.05) is 62.5 Å². The molecule has 0 radical (unpaired) electrons. The molecule has 2 aromatic heterocycles. The molecule has 1 saturated carbocycles. The van der Waals surface area contributed by atoms with Crippen molar-refractivity contribution in [3.05, 3.63) is 83.9 Å². The first-order valence-corrected chi connectivity index (χ1v) is 12.7. The number of aromatic nitrogens is 2. The predicted molar refractivity (Wildman–Crippen MR) is 148 cm³/mol. The van der Waals surface area contributed by atoms with E-state index < -0.39 is 11.6 Å². The topological polar surface area (TPSA) is 47.2 Å². The summed E-state index contributed by atoms with van der Waals surface area (Å²) < 4.78 is 30.2. The fourth-order valence-electron chi connectivity index (χ4n) is 5.63. The third-order valence-electron chi connectivity index (χ3n) is 8.07. The largest absolute Gasteiger partial charge is 0.386 e. The Balaban J connectivity index is 1.56. The molecule has 0 unspecified atom stereocenters. The monoisotopic (exact) mass is 499 g/mol. The fraction of sp³-hybridized carbons (Fsp3) is 0.300. The highest BCUT2D eigenvalue weighted by molar-refractivity contribution is 6.17. The lowest BCUT2D eigenvalue weighted by atomic mass is 9.99. The lowest BCUT2D eigenvalue weighted by molar-refractivity contribution is 0.518. The number of nitrogens with one attached hydrogen (secondary N) is 2. The maximum absolute atomic E-state index is 15.4. The third kappa shape index (κ3) is 3.84. The normalized spacial score (nSPS) is 20.0. The molecule has 0 atom stereocenters. The van der Waals surface area contributed by atoms with Crippen molar-refractivity contribution in [3.8, 4) is 0 Å². The molecule has 2 fully saturated rings. The molecule has 4 heterocycles. The van der Waals surface area contributed by atoms with Gasteiger partial charge in [0.2, 0.25) is 0 Å². The first-order valence-electron chi connectivity index (χ1n) is 12.7. The van der Waals surface area contributed by atoms with Gasteiger partial charge < -0.3 is 20.1 Å². The Morgan fingerprint density at radius 1 is 1.22 bits per heavy atom. The van der Waals surface area contributed by atoms with Gasteiger partial charge in [0.15, 0.2) is 11.6 Å². The van der Waals surface area contributed by atoms with E-state index in [-0.39, 0.29) is 5.39 Å². The zero-order chi connectivity index (χ0) is 25.9. The molecule has 1 aromatic carbocycles.